The average Bonchev–Trinajstić information content (AvgIpc) is 3.88. The second-order valence-electron chi connectivity index (χ2n) is 10.9. The van der Waals surface area contributed by atoms with E-state index in [-0.39, 0.29) is 0 Å². The van der Waals surface area contributed by atoms with E-state index in [0.29, 0.717) is 0 Å². The molecule has 6 aromatic heterocycles. The first-order chi connectivity index (χ1) is 21.7. The van der Waals surface area contributed by atoms with Gasteiger partial charge in [0.2, 0.25) is 0 Å². The molecule has 10 aromatic rings. The molecule has 8 heteroatoms. The van der Waals surface area contributed by atoms with Crippen molar-refractivity contribution in [1.29, 1.82) is 0 Å². The lowest BCUT2D eigenvalue weighted by atomic mass is 10.1. The molecule has 0 aliphatic carbocycles. The average molecular weight is 637 g/mol. The van der Waals surface area contributed by atoms with E-state index in [0.717, 1.165) is 32.4 Å². The van der Waals surface area contributed by atoms with Crippen molar-refractivity contribution in [2.24, 2.45) is 0 Å². The maximum atomic E-state index is 4.89. The van der Waals surface area contributed by atoms with Crippen LogP contribution < -0.4 is 0 Å². The Balaban J connectivity index is 0.982. The van der Waals surface area contributed by atoms with Crippen LogP contribution in [0.1, 0.15) is 0 Å². The monoisotopic (exact) mass is 636 g/mol. The van der Waals surface area contributed by atoms with Gasteiger partial charge in [-0.2, -0.15) is 0 Å². The zero-order valence-electron chi connectivity index (χ0n) is 23.0. The molecule has 6 heterocycles. The van der Waals surface area contributed by atoms with Crippen molar-refractivity contribution in [3.63, 3.8) is 0 Å². The fraction of sp³-hybridized carbons (Fsp3) is 0. The molecule has 0 unspecified atom stereocenters. The number of thiazole rings is 2. The molecule has 0 saturated heterocycles. The van der Waals surface area contributed by atoms with Crippen LogP contribution in [0, 0.1) is 0 Å². The fourth-order valence-electron chi connectivity index (χ4n) is 5.88. The number of thiophene rings is 2. The molecule has 10 rings (SSSR count). The lowest BCUT2D eigenvalue weighted by Gasteiger charge is -1.99. The number of rotatable bonds is 4. The van der Waals surface area contributed by atoms with Crippen molar-refractivity contribution in [3.8, 4) is 42.0 Å². The van der Waals surface area contributed by atoms with Crippen molar-refractivity contribution < 1.29 is 0 Å². The normalized spacial score (nSPS) is 12.1. The van der Waals surface area contributed by atoms with Crippen LogP contribution in [0.15, 0.2) is 122 Å². The summed E-state index contributed by atoms with van der Waals surface area (Å²) in [6.07, 6.45) is 8.68. The predicted octanol–water partition coefficient (Wildman–Crippen LogP) is 11.4. The Kier molecular flexibility index (Phi) is 5.33. The highest BCUT2D eigenvalue weighted by Crippen LogP contribution is 2.42. The van der Waals surface area contributed by atoms with Crippen LogP contribution in [-0.2, 0) is 0 Å². The number of benzene rings is 4. The molecule has 0 bridgehead atoms. The molecule has 0 radical (unpaired) electrons. The maximum absolute atomic E-state index is 4.89. The summed E-state index contributed by atoms with van der Waals surface area (Å²) in [5.41, 5.74) is 4.32. The molecular formula is C36H20N4S4. The van der Waals surface area contributed by atoms with Crippen LogP contribution in [-0.4, -0.2) is 18.8 Å². The van der Waals surface area contributed by atoms with E-state index >= 15 is 0 Å². The third-order valence-electron chi connectivity index (χ3n) is 8.05. The quantitative estimate of drug-likeness (QED) is 0.193. The number of fused-ring (bicyclic) bond motifs is 5. The largest absolute Gasteiger partial charge is 0.296 e. The first kappa shape index (κ1) is 24.8. The summed E-state index contributed by atoms with van der Waals surface area (Å²) in [6.45, 7) is 0. The highest BCUT2D eigenvalue weighted by molar-refractivity contribution is 7.28. The number of aromatic nitrogens is 4. The minimum absolute atomic E-state index is 1.01. The SMILES string of the molecule is c1ccc(-c2cn3cc(-c4cc5cc6cc7sc(-c8cn9cc(-c%10ccccc%10)nc9s8)cc7cc6cc5s4)sc3n2)cc1. The molecule has 0 N–H and O–H groups in total. The predicted molar refractivity (Wildman–Crippen MR) is 190 cm³/mol. The molecule has 208 valence electrons. The number of hydrogen-bond acceptors (Lipinski definition) is 6. The minimum atomic E-state index is 1.01. The summed E-state index contributed by atoms with van der Waals surface area (Å²) >= 11 is 7.21. The Morgan fingerprint density at radius 2 is 0.864 bits per heavy atom. The van der Waals surface area contributed by atoms with Crippen LogP contribution in [0.25, 0.3) is 82.9 Å². The van der Waals surface area contributed by atoms with E-state index in [1.54, 1.807) is 22.7 Å². The third kappa shape index (κ3) is 3.99. The Morgan fingerprint density at radius 1 is 0.409 bits per heavy atom. The van der Waals surface area contributed by atoms with E-state index in [1.807, 2.05) is 34.8 Å². The molecule has 4 nitrogen and oxygen atoms in total. The zero-order chi connectivity index (χ0) is 28.8. The van der Waals surface area contributed by atoms with Crippen molar-refractivity contribution in [2.75, 3.05) is 0 Å². The lowest BCUT2D eigenvalue weighted by molar-refractivity contribution is 1.23. The lowest BCUT2D eigenvalue weighted by Crippen LogP contribution is -1.75. The molecule has 4 aromatic carbocycles. The Hall–Kier alpha value is -4.60. The molecule has 0 saturated carbocycles. The van der Waals surface area contributed by atoms with Crippen LogP contribution >= 0.6 is 45.3 Å². The number of hydrogen-bond donors (Lipinski definition) is 0. The van der Waals surface area contributed by atoms with Gasteiger partial charge in [0, 0.05) is 55.1 Å². The number of imidazole rings is 2. The molecule has 0 aliphatic heterocycles. The van der Waals surface area contributed by atoms with E-state index in [1.165, 1.54) is 50.5 Å². The van der Waals surface area contributed by atoms with Crippen LogP contribution in [0.5, 0.6) is 0 Å². The van der Waals surface area contributed by atoms with Gasteiger partial charge in [-0.25, -0.2) is 9.97 Å². The second kappa shape index (κ2) is 9.45. The van der Waals surface area contributed by atoms with Gasteiger partial charge >= 0.3 is 0 Å². The summed E-state index contributed by atoms with van der Waals surface area (Å²) in [7, 11) is 0. The summed E-state index contributed by atoms with van der Waals surface area (Å²) in [5.74, 6) is 0. The zero-order valence-corrected chi connectivity index (χ0v) is 26.2. The molecule has 0 fully saturated rings. The van der Waals surface area contributed by atoms with Crippen molar-refractivity contribution in [1.82, 2.24) is 18.8 Å². The third-order valence-corrected chi connectivity index (χ3v) is 12.6. The van der Waals surface area contributed by atoms with Gasteiger partial charge in [0.05, 0.1) is 21.1 Å². The van der Waals surface area contributed by atoms with Crippen LogP contribution in [0.3, 0.4) is 0 Å². The Bertz CT molecular complexity index is 2350. The molecule has 0 aliphatic rings. The Labute approximate surface area is 267 Å². The summed E-state index contributed by atoms with van der Waals surface area (Å²) in [4.78, 5) is 16.9. The maximum Gasteiger partial charge on any atom is 0.194 e. The van der Waals surface area contributed by atoms with E-state index in [2.05, 4.69) is 119 Å². The highest BCUT2D eigenvalue weighted by Gasteiger charge is 2.15. The molecule has 0 spiro atoms. The fourth-order valence-corrected chi connectivity index (χ4v) is 10.1. The summed E-state index contributed by atoms with van der Waals surface area (Å²) in [5, 5.41) is 5.14. The molecule has 44 heavy (non-hydrogen) atoms. The van der Waals surface area contributed by atoms with Crippen LogP contribution in [0.4, 0.5) is 0 Å². The smallest absolute Gasteiger partial charge is 0.194 e. The van der Waals surface area contributed by atoms with E-state index in [9.17, 15) is 0 Å². The van der Waals surface area contributed by atoms with Gasteiger partial charge in [-0.1, -0.05) is 83.3 Å². The van der Waals surface area contributed by atoms with Crippen LogP contribution in [0.2, 0.25) is 0 Å². The van der Waals surface area contributed by atoms with Crippen molar-refractivity contribution >= 4 is 86.2 Å². The molecule has 0 atom stereocenters. The van der Waals surface area contributed by atoms with Gasteiger partial charge in [-0.05, 0) is 57.9 Å². The number of nitrogens with zero attached hydrogens (tertiary/aromatic N) is 4. The van der Waals surface area contributed by atoms with Gasteiger partial charge < -0.3 is 0 Å². The van der Waals surface area contributed by atoms with E-state index < -0.39 is 0 Å². The van der Waals surface area contributed by atoms with E-state index in [4.69, 9.17) is 9.97 Å². The molecular weight excluding hydrogens is 617 g/mol. The standard InChI is InChI=1S/C36H20N4S4/c1-3-7-21(8-4-1)27-17-39-19-33(43-35(39)37-27)31-15-25-11-23-14-30-26(12-24(23)13-29(25)41-31)16-32(42-30)34-20-40-18-28(38-36(40)44-34)22-9-5-2-6-10-22/h1-20H. The highest BCUT2D eigenvalue weighted by atomic mass is 32.1. The topological polar surface area (TPSA) is 34.6 Å². The summed E-state index contributed by atoms with van der Waals surface area (Å²) in [6, 6.07) is 34.8. The van der Waals surface area contributed by atoms with Gasteiger partial charge in [-0.3, -0.25) is 8.80 Å². The first-order valence-corrected chi connectivity index (χ1v) is 17.5. The second-order valence-corrected chi connectivity index (χ2v) is 15.1. The van der Waals surface area contributed by atoms with Gasteiger partial charge in [-0.15, -0.1) is 22.7 Å². The van der Waals surface area contributed by atoms with Gasteiger partial charge in [0.1, 0.15) is 0 Å². The first-order valence-electron chi connectivity index (χ1n) is 14.2. The van der Waals surface area contributed by atoms with Crippen molar-refractivity contribution in [3.05, 3.63) is 122 Å². The molecule has 0 amide bonds. The Morgan fingerprint density at radius 3 is 1.30 bits per heavy atom. The minimum Gasteiger partial charge on any atom is -0.296 e. The van der Waals surface area contributed by atoms with Gasteiger partial charge in [0.15, 0.2) is 9.92 Å². The summed E-state index contributed by atoms with van der Waals surface area (Å²) < 4.78 is 6.93. The van der Waals surface area contributed by atoms with Crippen molar-refractivity contribution in [2.45, 2.75) is 0 Å². The van der Waals surface area contributed by atoms with Gasteiger partial charge in [0.25, 0.3) is 0 Å².